The SMILES string of the molecule is CC(N)C1CCCCN1C(=O)C1CC1C. The number of carbonyl (C=O) groups excluding carboxylic acids is 1. The van der Waals surface area contributed by atoms with Crippen LogP contribution in [0.1, 0.15) is 39.5 Å². The smallest absolute Gasteiger partial charge is 0.226 e. The van der Waals surface area contributed by atoms with E-state index in [-0.39, 0.29) is 6.04 Å². The van der Waals surface area contributed by atoms with Gasteiger partial charge in [-0.25, -0.2) is 0 Å². The number of hydrogen-bond acceptors (Lipinski definition) is 2. The molecule has 1 saturated heterocycles. The third-order valence-electron chi connectivity index (χ3n) is 3.87. The van der Waals surface area contributed by atoms with Crippen LogP contribution >= 0.6 is 0 Å². The highest BCUT2D eigenvalue weighted by Crippen LogP contribution is 2.40. The van der Waals surface area contributed by atoms with E-state index in [9.17, 15) is 4.79 Å². The van der Waals surface area contributed by atoms with E-state index in [2.05, 4.69) is 11.8 Å². The van der Waals surface area contributed by atoms with E-state index in [4.69, 9.17) is 5.73 Å². The summed E-state index contributed by atoms with van der Waals surface area (Å²) >= 11 is 0. The van der Waals surface area contributed by atoms with Gasteiger partial charge in [0, 0.05) is 24.5 Å². The lowest BCUT2D eigenvalue weighted by atomic mass is 9.96. The van der Waals surface area contributed by atoms with E-state index in [1.807, 2.05) is 6.92 Å². The molecule has 15 heavy (non-hydrogen) atoms. The number of nitrogens with zero attached hydrogens (tertiary/aromatic N) is 1. The molecule has 0 radical (unpaired) electrons. The van der Waals surface area contributed by atoms with Crippen LogP contribution in [0.2, 0.25) is 0 Å². The van der Waals surface area contributed by atoms with Crippen LogP contribution in [-0.2, 0) is 4.79 Å². The molecule has 2 rings (SSSR count). The lowest BCUT2D eigenvalue weighted by Gasteiger charge is -2.38. The third-order valence-corrected chi connectivity index (χ3v) is 3.87. The molecule has 1 aliphatic heterocycles. The fraction of sp³-hybridized carbons (Fsp3) is 0.917. The van der Waals surface area contributed by atoms with E-state index in [0.717, 1.165) is 25.8 Å². The van der Waals surface area contributed by atoms with Gasteiger partial charge in [-0.1, -0.05) is 6.92 Å². The van der Waals surface area contributed by atoms with Crippen molar-refractivity contribution in [3.05, 3.63) is 0 Å². The summed E-state index contributed by atoms with van der Waals surface area (Å²) in [7, 11) is 0. The van der Waals surface area contributed by atoms with E-state index in [0.29, 0.717) is 23.8 Å². The summed E-state index contributed by atoms with van der Waals surface area (Å²) in [6.07, 6.45) is 4.54. The van der Waals surface area contributed by atoms with E-state index < -0.39 is 0 Å². The number of piperidine rings is 1. The predicted octanol–water partition coefficient (Wildman–Crippen LogP) is 1.37. The summed E-state index contributed by atoms with van der Waals surface area (Å²) in [6, 6.07) is 0.405. The van der Waals surface area contributed by atoms with Crippen LogP contribution < -0.4 is 5.73 Å². The molecule has 3 nitrogen and oxygen atoms in total. The van der Waals surface area contributed by atoms with E-state index in [1.54, 1.807) is 0 Å². The van der Waals surface area contributed by atoms with Crippen molar-refractivity contribution in [3.63, 3.8) is 0 Å². The molecule has 3 heteroatoms. The van der Waals surface area contributed by atoms with Crippen molar-refractivity contribution in [2.75, 3.05) is 6.54 Å². The first-order valence-electron chi connectivity index (χ1n) is 6.17. The molecule has 1 amide bonds. The van der Waals surface area contributed by atoms with Crippen LogP contribution in [0.5, 0.6) is 0 Å². The van der Waals surface area contributed by atoms with Gasteiger partial charge in [-0.05, 0) is 38.5 Å². The van der Waals surface area contributed by atoms with Crippen LogP contribution in [-0.4, -0.2) is 29.4 Å². The van der Waals surface area contributed by atoms with Gasteiger partial charge in [0.15, 0.2) is 0 Å². The summed E-state index contributed by atoms with van der Waals surface area (Å²) in [5.74, 6) is 1.28. The second-order valence-corrected chi connectivity index (χ2v) is 5.27. The number of nitrogens with two attached hydrogens (primary N) is 1. The van der Waals surface area contributed by atoms with Crippen molar-refractivity contribution in [1.29, 1.82) is 0 Å². The van der Waals surface area contributed by atoms with Crippen molar-refractivity contribution in [3.8, 4) is 0 Å². The van der Waals surface area contributed by atoms with Crippen molar-refractivity contribution >= 4 is 5.91 Å². The lowest BCUT2D eigenvalue weighted by Crippen LogP contribution is -2.52. The molecule has 1 aliphatic carbocycles. The maximum atomic E-state index is 12.2. The Bertz CT molecular complexity index is 252. The Morgan fingerprint density at radius 2 is 2.13 bits per heavy atom. The molecule has 4 unspecified atom stereocenters. The molecule has 0 bridgehead atoms. The molecule has 2 aliphatic rings. The van der Waals surface area contributed by atoms with Crippen molar-refractivity contribution in [1.82, 2.24) is 4.90 Å². The van der Waals surface area contributed by atoms with Crippen LogP contribution in [0.25, 0.3) is 0 Å². The zero-order valence-electron chi connectivity index (χ0n) is 9.78. The zero-order valence-corrected chi connectivity index (χ0v) is 9.78. The maximum Gasteiger partial charge on any atom is 0.226 e. The van der Waals surface area contributed by atoms with Gasteiger partial charge in [-0.15, -0.1) is 0 Å². The average Bonchev–Trinajstić information content (AvgIpc) is 2.94. The summed E-state index contributed by atoms with van der Waals surface area (Å²) in [5, 5.41) is 0. The molecule has 1 saturated carbocycles. The monoisotopic (exact) mass is 210 g/mol. The number of carbonyl (C=O) groups is 1. The Morgan fingerprint density at radius 1 is 1.47 bits per heavy atom. The molecule has 0 aromatic heterocycles. The molecule has 0 spiro atoms. The fourth-order valence-electron chi connectivity index (χ4n) is 2.66. The van der Waals surface area contributed by atoms with Gasteiger partial charge in [0.1, 0.15) is 0 Å². The summed E-state index contributed by atoms with van der Waals surface area (Å²) in [5.41, 5.74) is 5.96. The molecular weight excluding hydrogens is 188 g/mol. The van der Waals surface area contributed by atoms with Gasteiger partial charge < -0.3 is 10.6 Å². The minimum absolute atomic E-state index is 0.114. The Morgan fingerprint density at radius 3 is 2.67 bits per heavy atom. The molecule has 1 heterocycles. The quantitative estimate of drug-likeness (QED) is 0.748. The molecule has 0 aromatic carbocycles. The maximum absolute atomic E-state index is 12.2. The first-order valence-corrected chi connectivity index (χ1v) is 6.17. The molecule has 2 fully saturated rings. The second-order valence-electron chi connectivity index (χ2n) is 5.27. The average molecular weight is 210 g/mol. The topological polar surface area (TPSA) is 46.3 Å². The summed E-state index contributed by atoms with van der Waals surface area (Å²) < 4.78 is 0. The van der Waals surface area contributed by atoms with Crippen molar-refractivity contribution < 1.29 is 4.79 Å². The van der Waals surface area contributed by atoms with Crippen LogP contribution in [0.15, 0.2) is 0 Å². The molecule has 0 aromatic rings. The fourth-order valence-corrected chi connectivity index (χ4v) is 2.66. The van der Waals surface area contributed by atoms with Gasteiger partial charge in [0.05, 0.1) is 0 Å². The second kappa shape index (κ2) is 4.12. The van der Waals surface area contributed by atoms with Gasteiger partial charge in [-0.2, -0.15) is 0 Å². The van der Waals surface area contributed by atoms with Crippen LogP contribution in [0.4, 0.5) is 0 Å². The molecular formula is C12H22N2O. The highest BCUT2D eigenvalue weighted by molar-refractivity contribution is 5.82. The standard InChI is InChI=1S/C12H22N2O/c1-8-7-10(8)12(15)14-6-4-3-5-11(14)9(2)13/h8-11H,3-7,13H2,1-2H3. The van der Waals surface area contributed by atoms with Crippen molar-refractivity contribution in [2.24, 2.45) is 17.6 Å². The number of amides is 1. The highest BCUT2D eigenvalue weighted by Gasteiger charge is 2.43. The summed E-state index contributed by atoms with van der Waals surface area (Å²) in [4.78, 5) is 14.2. The van der Waals surface area contributed by atoms with Gasteiger partial charge in [0.25, 0.3) is 0 Å². The van der Waals surface area contributed by atoms with E-state index >= 15 is 0 Å². The Labute approximate surface area is 92.0 Å². The summed E-state index contributed by atoms with van der Waals surface area (Å²) in [6.45, 7) is 5.11. The molecule has 2 N–H and O–H groups in total. The van der Waals surface area contributed by atoms with Gasteiger partial charge in [0.2, 0.25) is 5.91 Å². The van der Waals surface area contributed by atoms with Gasteiger partial charge >= 0.3 is 0 Å². The Hall–Kier alpha value is -0.570. The zero-order chi connectivity index (χ0) is 11.0. The highest BCUT2D eigenvalue weighted by atomic mass is 16.2. The number of rotatable bonds is 2. The lowest BCUT2D eigenvalue weighted by molar-refractivity contribution is -0.137. The third kappa shape index (κ3) is 2.17. The number of likely N-dealkylation sites (tertiary alicyclic amines) is 1. The Balaban J connectivity index is 2.01. The van der Waals surface area contributed by atoms with Gasteiger partial charge in [-0.3, -0.25) is 4.79 Å². The van der Waals surface area contributed by atoms with E-state index in [1.165, 1.54) is 6.42 Å². The normalized spacial score (nSPS) is 37.5. The van der Waals surface area contributed by atoms with Crippen LogP contribution in [0.3, 0.4) is 0 Å². The minimum Gasteiger partial charge on any atom is -0.338 e. The van der Waals surface area contributed by atoms with Crippen molar-refractivity contribution in [2.45, 2.75) is 51.6 Å². The molecule has 86 valence electrons. The first-order chi connectivity index (χ1) is 7.11. The first kappa shape index (κ1) is 10.9. The predicted molar refractivity (Wildman–Crippen MR) is 60.3 cm³/mol. The largest absolute Gasteiger partial charge is 0.338 e. The van der Waals surface area contributed by atoms with Crippen LogP contribution in [0, 0.1) is 11.8 Å². The Kier molecular flexibility index (Phi) is 3.01. The molecule has 4 atom stereocenters. The number of hydrogen-bond donors (Lipinski definition) is 1. The minimum atomic E-state index is 0.114.